The molecule has 0 amide bonds. The topological polar surface area (TPSA) is 44.1 Å². The molecule has 0 aliphatic carbocycles. The molecule has 0 atom stereocenters. The highest BCUT2D eigenvalue weighted by atomic mass is 32.2. The van der Waals surface area contributed by atoms with Crippen LogP contribution in [0.2, 0.25) is 0 Å². The predicted molar refractivity (Wildman–Crippen MR) is 70.7 cm³/mol. The number of methoxy groups -OCH3 is 1. The highest BCUT2D eigenvalue weighted by molar-refractivity contribution is 7.99. The number of ether oxygens (including phenoxy) is 1. The van der Waals surface area contributed by atoms with Crippen LogP contribution in [0.5, 0.6) is 0 Å². The van der Waals surface area contributed by atoms with Crippen molar-refractivity contribution < 1.29 is 9.53 Å². The van der Waals surface area contributed by atoms with Crippen LogP contribution in [0.25, 0.3) is 0 Å². The van der Waals surface area contributed by atoms with Crippen molar-refractivity contribution in [1.82, 2.24) is 9.55 Å². The number of carbonyl (C=O) groups is 1. The summed E-state index contributed by atoms with van der Waals surface area (Å²) < 4.78 is 6.69. The Bertz CT molecular complexity index is 494. The van der Waals surface area contributed by atoms with E-state index in [0.717, 1.165) is 17.2 Å². The van der Waals surface area contributed by atoms with E-state index in [4.69, 9.17) is 0 Å². The smallest absolute Gasteiger partial charge is 0.337 e. The molecule has 1 aromatic heterocycles. The number of thioether (sulfide) groups is 1. The number of aryl methyl sites for hydroxylation is 1. The third kappa shape index (κ3) is 3.37. The first-order valence-corrected chi connectivity index (χ1v) is 6.55. The van der Waals surface area contributed by atoms with Crippen LogP contribution < -0.4 is 0 Å². The summed E-state index contributed by atoms with van der Waals surface area (Å²) in [6, 6.07) is 7.44. The van der Waals surface area contributed by atoms with Crippen LogP contribution in [-0.4, -0.2) is 28.4 Å². The first-order chi connectivity index (χ1) is 8.79. The molecular weight excluding hydrogens is 248 g/mol. The number of esters is 1. The molecule has 0 saturated carbocycles. The van der Waals surface area contributed by atoms with Crippen molar-refractivity contribution in [3.8, 4) is 0 Å². The average Bonchev–Trinajstić information content (AvgIpc) is 2.92. The van der Waals surface area contributed by atoms with Crippen molar-refractivity contribution in [2.45, 2.75) is 11.4 Å². The molecule has 0 aliphatic rings. The molecule has 0 saturated heterocycles. The van der Waals surface area contributed by atoms with Gasteiger partial charge in [-0.3, -0.25) is 0 Å². The number of hydrogen-bond acceptors (Lipinski definition) is 4. The zero-order valence-corrected chi connectivity index (χ0v) is 10.9. The summed E-state index contributed by atoms with van der Waals surface area (Å²) in [5.74, 6) is 0.665. The van der Waals surface area contributed by atoms with E-state index in [-0.39, 0.29) is 5.97 Å². The van der Waals surface area contributed by atoms with Crippen molar-refractivity contribution >= 4 is 17.7 Å². The summed E-state index contributed by atoms with van der Waals surface area (Å²) >= 11 is 1.75. The third-order valence-electron chi connectivity index (χ3n) is 2.45. The van der Waals surface area contributed by atoms with E-state index >= 15 is 0 Å². The van der Waals surface area contributed by atoms with Crippen molar-refractivity contribution in [3.05, 3.63) is 48.5 Å². The average molecular weight is 262 g/mol. The molecular formula is C13H14N2O2S. The Morgan fingerprint density at radius 3 is 2.78 bits per heavy atom. The van der Waals surface area contributed by atoms with Crippen molar-refractivity contribution in [2.75, 3.05) is 12.9 Å². The maximum absolute atomic E-state index is 11.3. The molecule has 1 heterocycles. The highest BCUT2D eigenvalue weighted by Gasteiger charge is 2.04. The standard InChI is InChI=1S/C13H14N2O2S/c1-17-13(16)11-2-4-12(5-3-11)18-9-8-15-7-6-14-10-15/h2-7,10H,8-9H2,1H3. The number of imidazole rings is 1. The summed E-state index contributed by atoms with van der Waals surface area (Å²) in [7, 11) is 1.39. The van der Waals surface area contributed by atoms with Gasteiger partial charge in [0.2, 0.25) is 0 Å². The Hall–Kier alpha value is -1.75. The maximum atomic E-state index is 11.3. The molecule has 0 aliphatic heterocycles. The number of benzene rings is 1. The van der Waals surface area contributed by atoms with E-state index in [9.17, 15) is 4.79 Å². The molecule has 0 radical (unpaired) electrons. The molecule has 0 bridgehead atoms. The van der Waals surface area contributed by atoms with Gasteiger partial charge in [0.25, 0.3) is 0 Å². The molecule has 0 unspecified atom stereocenters. The minimum Gasteiger partial charge on any atom is -0.465 e. The fourth-order valence-corrected chi connectivity index (χ4v) is 2.36. The maximum Gasteiger partial charge on any atom is 0.337 e. The van der Waals surface area contributed by atoms with Gasteiger partial charge in [0.1, 0.15) is 0 Å². The molecule has 0 fully saturated rings. The van der Waals surface area contributed by atoms with Crippen LogP contribution in [0.4, 0.5) is 0 Å². The number of carbonyl (C=O) groups excluding carboxylic acids is 1. The van der Waals surface area contributed by atoms with Crippen molar-refractivity contribution in [2.24, 2.45) is 0 Å². The second kappa shape index (κ2) is 6.26. The number of aromatic nitrogens is 2. The molecule has 4 nitrogen and oxygen atoms in total. The lowest BCUT2D eigenvalue weighted by Gasteiger charge is -2.04. The predicted octanol–water partition coefficient (Wildman–Crippen LogP) is 2.46. The monoisotopic (exact) mass is 262 g/mol. The fourth-order valence-electron chi connectivity index (χ4n) is 1.49. The molecule has 18 heavy (non-hydrogen) atoms. The lowest BCUT2D eigenvalue weighted by Crippen LogP contribution is -2.00. The van der Waals surface area contributed by atoms with Crippen LogP contribution in [0.15, 0.2) is 47.9 Å². The second-order valence-corrected chi connectivity index (χ2v) is 4.83. The second-order valence-electron chi connectivity index (χ2n) is 3.66. The van der Waals surface area contributed by atoms with Gasteiger partial charge < -0.3 is 9.30 Å². The Morgan fingerprint density at radius 2 is 2.17 bits per heavy atom. The van der Waals surface area contributed by atoms with E-state index in [1.807, 2.05) is 22.9 Å². The minimum atomic E-state index is -0.301. The number of nitrogens with zero attached hydrogens (tertiary/aromatic N) is 2. The van der Waals surface area contributed by atoms with Gasteiger partial charge in [0.15, 0.2) is 0 Å². The van der Waals surface area contributed by atoms with Gasteiger partial charge >= 0.3 is 5.97 Å². The molecule has 0 spiro atoms. The third-order valence-corrected chi connectivity index (χ3v) is 3.45. The van der Waals surface area contributed by atoms with Gasteiger partial charge in [-0.25, -0.2) is 9.78 Å². The van der Waals surface area contributed by atoms with E-state index in [1.165, 1.54) is 7.11 Å². The van der Waals surface area contributed by atoms with E-state index < -0.39 is 0 Å². The van der Waals surface area contributed by atoms with Crippen molar-refractivity contribution in [1.29, 1.82) is 0 Å². The van der Waals surface area contributed by atoms with Crippen LogP contribution >= 0.6 is 11.8 Å². The molecule has 1 aromatic carbocycles. The summed E-state index contributed by atoms with van der Waals surface area (Å²) in [6.07, 6.45) is 5.53. The van der Waals surface area contributed by atoms with Gasteiger partial charge in [-0.15, -0.1) is 11.8 Å². The molecule has 5 heteroatoms. The fraction of sp³-hybridized carbons (Fsp3) is 0.231. The Balaban J connectivity index is 1.85. The SMILES string of the molecule is COC(=O)c1ccc(SCCn2ccnc2)cc1. The van der Waals surface area contributed by atoms with E-state index in [1.54, 1.807) is 36.4 Å². The number of hydrogen-bond donors (Lipinski definition) is 0. The summed E-state index contributed by atoms with van der Waals surface area (Å²) in [4.78, 5) is 16.4. The molecule has 94 valence electrons. The highest BCUT2D eigenvalue weighted by Crippen LogP contribution is 2.18. The van der Waals surface area contributed by atoms with Crippen LogP contribution in [0.3, 0.4) is 0 Å². The zero-order valence-electron chi connectivity index (χ0n) is 10.1. The largest absolute Gasteiger partial charge is 0.465 e. The minimum absolute atomic E-state index is 0.301. The Kier molecular flexibility index (Phi) is 4.41. The zero-order chi connectivity index (χ0) is 12.8. The van der Waals surface area contributed by atoms with E-state index in [0.29, 0.717) is 5.56 Å². The molecule has 2 rings (SSSR count). The summed E-state index contributed by atoms with van der Waals surface area (Å²) in [5, 5.41) is 0. The van der Waals surface area contributed by atoms with Crippen LogP contribution in [-0.2, 0) is 11.3 Å². The van der Waals surface area contributed by atoms with Crippen molar-refractivity contribution in [3.63, 3.8) is 0 Å². The van der Waals surface area contributed by atoms with E-state index in [2.05, 4.69) is 9.72 Å². The van der Waals surface area contributed by atoms with Gasteiger partial charge in [-0.2, -0.15) is 0 Å². The first-order valence-electron chi connectivity index (χ1n) is 5.56. The van der Waals surface area contributed by atoms with Gasteiger partial charge in [0.05, 0.1) is 19.0 Å². The van der Waals surface area contributed by atoms with Gasteiger partial charge in [-0.1, -0.05) is 0 Å². The van der Waals surface area contributed by atoms with Gasteiger partial charge in [-0.05, 0) is 24.3 Å². The summed E-state index contributed by atoms with van der Waals surface area (Å²) in [5.41, 5.74) is 0.580. The first kappa shape index (κ1) is 12.7. The Morgan fingerprint density at radius 1 is 1.39 bits per heavy atom. The lowest BCUT2D eigenvalue weighted by atomic mass is 10.2. The normalized spacial score (nSPS) is 10.3. The number of rotatable bonds is 5. The van der Waals surface area contributed by atoms with Crippen LogP contribution in [0, 0.1) is 0 Å². The molecule has 0 N–H and O–H groups in total. The quantitative estimate of drug-likeness (QED) is 0.613. The van der Waals surface area contributed by atoms with Crippen LogP contribution in [0.1, 0.15) is 10.4 Å². The Labute approximate surface area is 110 Å². The summed E-state index contributed by atoms with van der Waals surface area (Å²) in [6.45, 7) is 0.920. The van der Waals surface area contributed by atoms with Gasteiger partial charge in [0, 0.05) is 29.6 Å². The lowest BCUT2D eigenvalue weighted by molar-refractivity contribution is 0.0600. The molecule has 2 aromatic rings.